The summed E-state index contributed by atoms with van der Waals surface area (Å²) < 4.78 is 33.0. The van der Waals surface area contributed by atoms with Crippen LogP contribution in [0.1, 0.15) is 25.8 Å². The van der Waals surface area contributed by atoms with Gasteiger partial charge in [-0.05, 0) is 55.2 Å². The number of hydrogen-bond acceptors (Lipinski definition) is 4. The lowest BCUT2D eigenvalue weighted by molar-refractivity contribution is -0.118. The Morgan fingerprint density at radius 2 is 1.70 bits per heavy atom. The Kier molecular flexibility index (Phi) is 6.98. The molecule has 6 nitrogen and oxygen atoms in total. The first kappa shape index (κ1) is 20.9. The van der Waals surface area contributed by atoms with E-state index in [0.717, 1.165) is 5.56 Å². The van der Waals surface area contributed by atoms with Gasteiger partial charge in [0.2, 0.25) is 15.9 Å². The number of carbonyl (C=O) groups excluding carboxylic acids is 1. The second kappa shape index (κ2) is 9.01. The van der Waals surface area contributed by atoms with Crippen molar-refractivity contribution in [2.24, 2.45) is 5.92 Å². The Balaban J connectivity index is 2.21. The minimum absolute atomic E-state index is 0.0840. The summed E-state index contributed by atoms with van der Waals surface area (Å²) in [5, 5.41) is 2.82. The molecule has 1 atom stereocenters. The molecule has 2 aromatic rings. The first-order chi connectivity index (χ1) is 12.7. The van der Waals surface area contributed by atoms with Gasteiger partial charge in [-0.25, -0.2) is 8.42 Å². The van der Waals surface area contributed by atoms with Crippen LogP contribution in [0.2, 0.25) is 0 Å². The van der Waals surface area contributed by atoms with Crippen molar-refractivity contribution < 1.29 is 17.9 Å². The summed E-state index contributed by atoms with van der Waals surface area (Å²) in [5.41, 5.74) is 1.58. The molecule has 1 amide bonds. The molecule has 0 aromatic heterocycles. The van der Waals surface area contributed by atoms with E-state index in [9.17, 15) is 13.2 Å². The molecule has 0 fully saturated rings. The number of amides is 1. The van der Waals surface area contributed by atoms with Gasteiger partial charge in [0, 0.05) is 5.69 Å². The molecule has 0 radical (unpaired) electrons. The zero-order chi connectivity index (χ0) is 20.0. The number of benzene rings is 2. The normalized spacial score (nSPS) is 12.6. The molecule has 0 unspecified atom stereocenters. The number of aryl methyl sites for hydroxylation is 1. The molecule has 0 aliphatic rings. The number of ether oxygens (including phenoxy) is 1. The van der Waals surface area contributed by atoms with Crippen molar-refractivity contribution >= 4 is 21.6 Å². The van der Waals surface area contributed by atoms with Gasteiger partial charge in [0.15, 0.2) is 0 Å². The van der Waals surface area contributed by atoms with E-state index < -0.39 is 16.1 Å². The highest BCUT2D eigenvalue weighted by molar-refractivity contribution is 7.89. The van der Waals surface area contributed by atoms with Crippen LogP contribution < -0.4 is 14.8 Å². The predicted octanol–water partition coefficient (Wildman–Crippen LogP) is 3.34. The van der Waals surface area contributed by atoms with Crippen LogP contribution in [0.25, 0.3) is 0 Å². The Bertz CT molecular complexity index is 877. The molecular weight excluding hydrogens is 364 g/mol. The number of anilines is 1. The quantitative estimate of drug-likeness (QED) is 0.724. The number of sulfonamides is 1. The first-order valence-corrected chi connectivity index (χ1v) is 10.2. The topological polar surface area (TPSA) is 84.5 Å². The molecular formula is C20H26N2O4S. The lowest BCUT2D eigenvalue weighted by Crippen LogP contribution is -2.44. The van der Waals surface area contributed by atoms with Crippen LogP contribution in [0.15, 0.2) is 53.4 Å². The smallest absolute Gasteiger partial charge is 0.242 e. The van der Waals surface area contributed by atoms with E-state index in [-0.39, 0.29) is 16.7 Å². The third kappa shape index (κ3) is 5.80. The van der Waals surface area contributed by atoms with E-state index >= 15 is 0 Å². The van der Waals surface area contributed by atoms with Crippen molar-refractivity contribution in [3.05, 3.63) is 54.1 Å². The van der Waals surface area contributed by atoms with Crippen molar-refractivity contribution in [1.29, 1.82) is 0 Å². The van der Waals surface area contributed by atoms with Crippen LogP contribution in [-0.4, -0.2) is 27.5 Å². The molecule has 0 spiro atoms. The molecule has 0 saturated carbocycles. The van der Waals surface area contributed by atoms with Gasteiger partial charge in [0.1, 0.15) is 11.8 Å². The third-order valence-corrected chi connectivity index (χ3v) is 5.58. The SMILES string of the molecule is COc1ccc(S(=O)(=O)N[C@H](CC(C)C)C(=O)Nc2ccccc2C)cc1. The largest absolute Gasteiger partial charge is 0.497 e. The van der Waals surface area contributed by atoms with E-state index in [4.69, 9.17) is 4.74 Å². The van der Waals surface area contributed by atoms with Gasteiger partial charge in [0.05, 0.1) is 12.0 Å². The number of nitrogens with one attached hydrogen (secondary N) is 2. The van der Waals surface area contributed by atoms with Crippen LogP contribution in [-0.2, 0) is 14.8 Å². The summed E-state index contributed by atoms with van der Waals surface area (Å²) in [5.74, 6) is 0.316. The molecule has 0 aliphatic carbocycles. The summed E-state index contributed by atoms with van der Waals surface area (Å²) in [7, 11) is -2.33. The van der Waals surface area contributed by atoms with E-state index in [1.165, 1.54) is 19.2 Å². The number of para-hydroxylation sites is 1. The monoisotopic (exact) mass is 390 g/mol. The maximum absolute atomic E-state index is 12.8. The van der Waals surface area contributed by atoms with Crippen molar-refractivity contribution in [2.75, 3.05) is 12.4 Å². The fourth-order valence-electron chi connectivity index (χ4n) is 2.62. The number of methoxy groups -OCH3 is 1. The van der Waals surface area contributed by atoms with E-state index in [0.29, 0.717) is 17.9 Å². The number of carbonyl (C=O) groups is 1. The highest BCUT2D eigenvalue weighted by Crippen LogP contribution is 2.18. The van der Waals surface area contributed by atoms with E-state index in [1.54, 1.807) is 18.2 Å². The fraction of sp³-hybridized carbons (Fsp3) is 0.350. The van der Waals surface area contributed by atoms with E-state index in [2.05, 4.69) is 10.0 Å². The first-order valence-electron chi connectivity index (χ1n) is 8.76. The van der Waals surface area contributed by atoms with Crippen LogP contribution >= 0.6 is 0 Å². The average Bonchev–Trinajstić information content (AvgIpc) is 2.62. The van der Waals surface area contributed by atoms with Crippen LogP contribution in [0, 0.1) is 12.8 Å². The minimum atomic E-state index is -3.84. The Labute approximate surface area is 161 Å². The van der Waals surface area contributed by atoms with E-state index in [1.807, 2.05) is 39.0 Å². The van der Waals surface area contributed by atoms with Crippen LogP contribution in [0.5, 0.6) is 5.75 Å². The Hall–Kier alpha value is -2.38. The summed E-state index contributed by atoms with van der Waals surface area (Å²) in [4.78, 5) is 12.8. The molecule has 2 aromatic carbocycles. The highest BCUT2D eigenvalue weighted by atomic mass is 32.2. The van der Waals surface area contributed by atoms with Gasteiger partial charge in [-0.15, -0.1) is 0 Å². The van der Waals surface area contributed by atoms with Gasteiger partial charge in [0.25, 0.3) is 0 Å². The van der Waals surface area contributed by atoms with Gasteiger partial charge < -0.3 is 10.1 Å². The molecule has 7 heteroatoms. The maximum atomic E-state index is 12.8. The third-order valence-electron chi connectivity index (χ3n) is 4.09. The van der Waals surface area contributed by atoms with Gasteiger partial charge in [-0.3, -0.25) is 4.79 Å². The second-order valence-electron chi connectivity index (χ2n) is 6.78. The molecule has 0 bridgehead atoms. The summed E-state index contributed by atoms with van der Waals surface area (Å²) in [6.45, 7) is 5.76. The zero-order valence-electron chi connectivity index (χ0n) is 16.0. The summed E-state index contributed by atoms with van der Waals surface area (Å²) >= 11 is 0. The van der Waals surface area contributed by atoms with Crippen molar-refractivity contribution in [1.82, 2.24) is 4.72 Å². The lowest BCUT2D eigenvalue weighted by atomic mass is 10.0. The summed E-state index contributed by atoms with van der Waals surface area (Å²) in [6.07, 6.45) is 0.382. The van der Waals surface area contributed by atoms with Crippen molar-refractivity contribution in [3.63, 3.8) is 0 Å². The lowest BCUT2D eigenvalue weighted by Gasteiger charge is -2.21. The maximum Gasteiger partial charge on any atom is 0.242 e. The molecule has 2 rings (SSSR count). The zero-order valence-corrected chi connectivity index (χ0v) is 16.8. The predicted molar refractivity (Wildman–Crippen MR) is 106 cm³/mol. The Morgan fingerprint density at radius 1 is 1.07 bits per heavy atom. The van der Waals surface area contributed by atoms with Crippen molar-refractivity contribution in [2.45, 2.75) is 38.1 Å². The Morgan fingerprint density at radius 3 is 2.26 bits per heavy atom. The second-order valence-corrected chi connectivity index (χ2v) is 8.50. The fourth-order valence-corrected chi connectivity index (χ4v) is 3.83. The number of rotatable bonds is 8. The van der Waals surface area contributed by atoms with Crippen LogP contribution in [0.4, 0.5) is 5.69 Å². The molecule has 2 N–H and O–H groups in total. The average molecular weight is 391 g/mol. The van der Waals surface area contributed by atoms with Gasteiger partial charge in [-0.1, -0.05) is 32.0 Å². The summed E-state index contributed by atoms with van der Waals surface area (Å²) in [6, 6.07) is 12.5. The van der Waals surface area contributed by atoms with Gasteiger partial charge in [-0.2, -0.15) is 4.72 Å². The molecule has 0 saturated heterocycles. The molecule has 0 aliphatic heterocycles. The highest BCUT2D eigenvalue weighted by Gasteiger charge is 2.27. The molecule has 27 heavy (non-hydrogen) atoms. The standard InChI is InChI=1S/C20H26N2O4S/c1-14(2)13-19(20(23)21-18-8-6-5-7-15(18)3)22-27(24,25)17-11-9-16(26-4)10-12-17/h5-12,14,19,22H,13H2,1-4H3,(H,21,23)/t19-/m1/s1. The minimum Gasteiger partial charge on any atom is -0.497 e. The van der Waals surface area contributed by atoms with Gasteiger partial charge >= 0.3 is 0 Å². The van der Waals surface area contributed by atoms with Crippen molar-refractivity contribution in [3.8, 4) is 5.75 Å². The van der Waals surface area contributed by atoms with Crippen LogP contribution in [0.3, 0.4) is 0 Å². The molecule has 146 valence electrons. The number of hydrogen-bond donors (Lipinski definition) is 2. The molecule has 0 heterocycles.